The average molecular weight is 280 g/mol. The molecule has 1 aliphatic heterocycles. The summed E-state index contributed by atoms with van der Waals surface area (Å²) in [4.78, 5) is 16.6. The molecule has 1 unspecified atom stereocenters. The Bertz CT molecular complexity index is 475. The van der Waals surface area contributed by atoms with Crippen LogP contribution in [-0.4, -0.2) is 35.9 Å². The van der Waals surface area contributed by atoms with Crippen molar-refractivity contribution in [3.05, 3.63) is 11.7 Å². The van der Waals surface area contributed by atoms with Crippen LogP contribution >= 0.6 is 0 Å². The number of carbonyl (C=O) groups excluding carboxylic acids is 1. The van der Waals surface area contributed by atoms with E-state index in [2.05, 4.69) is 10.1 Å². The van der Waals surface area contributed by atoms with Crippen LogP contribution in [0.25, 0.3) is 0 Å². The molecule has 2 heterocycles. The molecular weight excluding hydrogens is 260 g/mol. The van der Waals surface area contributed by atoms with Gasteiger partial charge in [-0.05, 0) is 32.1 Å². The van der Waals surface area contributed by atoms with Crippen LogP contribution in [0.5, 0.6) is 0 Å². The third-order valence-electron chi connectivity index (χ3n) is 4.25. The van der Waals surface area contributed by atoms with E-state index in [9.17, 15) is 4.79 Å². The first-order chi connectivity index (χ1) is 9.74. The molecule has 0 spiro atoms. The lowest BCUT2D eigenvalue weighted by Crippen LogP contribution is -2.44. The number of nitrogens with zero attached hydrogens (tertiary/aromatic N) is 2. The third-order valence-corrected chi connectivity index (χ3v) is 4.25. The second-order valence-electron chi connectivity index (χ2n) is 5.61. The number of ether oxygens (including phenoxy) is 2. The van der Waals surface area contributed by atoms with Crippen LogP contribution in [0.15, 0.2) is 4.52 Å². The second-order valence-corrected chi connectivity index (χ2v) is 5.61. The summed E-state index contributed by atoms with van der Waals surface area (Å²) < 4.78 is 15.9. The highest BCUT2D eigenvalue weighted by atomic mass is 16.5. The first-order valence-corrected chi connectivity index (χ1v) is 7.32. The van der Waals surface area contributed by atoms with Gasteiger partial charge in [-0.15, -0.1) is 0 Å². The Morgan fingerprint density at radius 3 is 2.95 bits per heavy atom. The monoisotopic (exact) mass is 280 g/mol. The SMILES string of the molecule is CCOC(=O)C1(c2nc(CC3CCOC3)no2)CCC1. The summed E-state index contributed by atoms with van der Waals surface area (Å²) in [5, 5.41) is 4.02. The van der Waals surface area contributed by atoms with Gasteiger partial charge >= 0.3 is 5.97 Å². The van der Waals surface area contributed by atoms with Crippen molar-refractivity contribution in [2.24, 2.45) is 5.92 Å². The molecule has 1 aliphatic carbocycles. The molecule has 20 heavy (non-hydrogen) atoms. The molecule has 2 fully saturated rings. The zero-order valence-corrected chi connectivity index (χ0v) is 11.8. The van der Waals surface area contributed by atoms with Gasteiger partial charge in [0.1, 0.15) is 5.41 Å². The molecule has 0 bridgehead atoms. The van der Waals surface area contributed by atoms with E-state index in [-0.39, 0.29) is 5.97 Å². The molecule has 0 amide bonds. The molecule has 6 heteroatoms. The number of hydrogen-bond acceptors (Lipinski definition) is 6. The van der Waals surface area contributed by atoms with Gasteiger partial charge in [0.05, 0.1) is 6.61 Å². The molecule has 110 valence electrons. The quantitative estimate of drug-likeness (QED) is 0.763. The fourth-order valence-corrected chi connectivity index (χ4v) is 2.84. The topological polar surface area (TPSA) is 74.5 Å². The standard InChI is InChI=1S/C14H20N2O4/c1-2-19-13(17)14(5-3-6-14)12-15-11(16-20-12)8-10-4-7-18-9-10/h10H,2-9H2,1H3. The maximum absolute atomic E-state index is 12.1. The highest BCUT2D eigenvalue weighted by Crippen LogP contribution is 2.44. The van der Waals surface area contributed by atoms with Gasteiger partial charge in [0.25, 0.3) is 0 Å². The maximum Gasteiger partial charge on any atom is 0.321 e. The van der Waals surface area contributed by atoms with E-state index >= 15 is 0 Å². The smallest absolute Gasteiger partial charge is 0.321 e. The van der Waals surface area contributed by atoms with Crippen LogP contribution in [0, 0.1) is 5.92 Å². The van der Waals surface area contributed by atoms with Crippen LogP contribution < -0.4 is 0 Å². The lowest BCUT2D eigenvalue weighted by molar-refractivity contribution is -0.155. The van der Waals surface area contributed by atoms with E-state index in [4.69, 9.17) is 14.0 Å². The van der Waals surface area contributed by atoms with Crippen LogP contribution in [0.4, 0.5) is 0 Å². The summed E-state index contributed by atoms with van der Waals surface area (Å²) in [6.07, 6.45) is 4.25. The number of hydrogen-bond donors (Lipinski definition) is 0. The Morgan fingerprint density at radius 1 is 1.50 bits per heavy atom. The van der Waals surface area contributed by atoms with E-state index in [1.165, 1.54) is 0 Å². The highest BCUT2D eigenvalue weighted by Gasteiger charge is 2.51. The molecule has 6 nitrogen and oxygen atoms in total. The maximum atomic E-state index is 12.1. The molecule has 0 aromatic carbocycles. The minimum atomic E-state index is -0.687. The van der Waals surface area contributed by atoms with Gasteiger partial charge in [-0.2, -0.15) is 4.98 Å². The van der Waals surface area contributed by atoms with Crippen molar-refractivity contribution in [2.75, 3.05) is 19.8 Å². The Labute approximate surface area is 117 Å². The van der Waals surface area contributed by atoms with Crippen LogP contribution in [0.2, 0.25) is 0 Å². The largest absolute Gasteiger partial charge is 0.465 e. The fourth-order valence-electron chi connectivity index (χ4n) is 2.84. The molecule has 1 saturated heterocycles. The molecule has 0 N–H and O–H groups in total. The van der Waals surface area contributed by atoms with Crippen molar-refractivity contribution in [1.29, 1.82) is 0 Å². The Hall–Kier alpha value is -1.43. The second kappa shape index (κ2) is 5.52. The van der Waals surface area contributed by atoms with Crippen LogP contribution in [0.1, 0.15) is 44.3 Å². The lowest BCUT2D eigenvalue weighted by Gasteiger charge is -2.35. The van der Waals surface area contributed by atoms with Crippen molar-refractivity contribution in [1.82, 2.24) is 10.1 Å². The molecule has 1 aromatic heterocycles. The number of esters is 1. The normalized spacial score (nSPS) is 24.4. The Kier molecular flexibility index (Phi) is 3.74. The zero-order chi connectivity index (χ0) is 14.0. The number of aromatic nitrogens is 2. The van der Waals surface area contributed by atoms with Gasteiger partial charge in [-0.25, -0.2) is 0 Å². The van der Waals surface area contributed by atoms with Gasteiger partial charge in [-0.3, -0.25) is 4.79 Å². The number of rotatable bonds is 5. The lowest BCUT2D eigenvalue weighted by atomic mass is 9.68. The molecule has 1 aromatic rings. The predicted molar refractivity (Wildman–Crippen MR) is 69.1 cm³/mol. The first-order valence-electron chi connectivity index (χ1n) is 7.32. The summed E-state index contributed by atoms with van der Waals surface area (Å²) in [6.45, 7) is 3.75. The van der Waals surface area contributed by atoms with Gasteiger partial charge in [-0.1, -0.05) is 11.6 Å². The van der Waals surface area contributed by atoms with E-state index in [0.29, 0.717) is 24.2 Å². The summed E-state index contributed by atoms with van der Waals surface area (Å²) in [6, 6.07) is 0. The molecule has 3 rings (SSSR count). The van der Waals surface area contributed by atoms with Gasteiger partial charge in [0.2, 0.25) is 5.89 Å². The summed E-state index contributed by atoms with van der Waals surface area (Å²) in [5.74, 6) is 1.33. The minimum absolute atomic E-state index is 0.231. The third kappa shape index (κ3) is 2.32. The van der Waals surface area contributed by atoms with Gasteiger partial charge < -0.3 is 14.0 Å². The van der Waals surface area contributed by atoms with Crippen molar-refractivity contribution in [2.45, 2.75) is 44.4 Å². The summed E-state index contributed by atoms with van der Waals surface area (Å²) in [5.41, 5.74) is -0.687. The van der Waals surface area contributed by atoms with Crippen molar-refractivity contribution < 1.29 is 18.8 Å². The van der Waals surface area contributed by atoms with Crippen molar-refractivity contribution >= 4 is 5.97 Å². The predicted octanol–water partition coefficient (Wildman–Crippen LogP) is 1.63. The zero-order valence-electron chi connectivity index (χ0n) is 11.8. The Balaban J connectivity index is 1.72. The van der Waals surface area contributed by atoms with Crippen molar-refractivity contribution in [3.63, 3.8) is 0 Å². The molecule has 1 saturated carbocycles. The van der Waals surface area contributed by atoms with Crippen LogP contribution in [-0.2, 0) is 26.1 Å². The van der Waals surface area contributed by atoms with E-state index in [1.807, 2.05) is 6.92 Å². The van der Waals surface area contributed by atoms with E-state index in [0.717, 1.165) is 45.3 Å². The summed E-state index contributed by atoms with van der Waals surface area (Å²) >= 11 is 0. The average Bonchev–Trinajstić information content (AvgIpc) is 3.01. The highest BCUT2D eigenvalue weighted by molar-refractivity contribution is 5.82. The van der Waals surface area contributed by atoms with Crippen molar-refractivity contribution in [3.8, 4) is 0 Å². The molecule has 1 atom stereocenters. The van der Waals surface area contributed by atoms with Crippen LogP contribution in [0.3, 0.4) is 0 Å². The van der Waals surface area contributed by atoms with E-state index in [1.54, 1.807) is 0 Å². The molecular formula is C14H20N2O4. The van der Waals surface area contributed by atoms with Gasteiger partial charge in [0.15, 0.2) is 5.82 Å². The minimum Gasteiger partial charge on any atom is -0.465 e. The fraction of sp³-hybridized carbons (Fsp3) is 0.786. The summed E-state index contributed by atoms with van der Waals surface area (Å²) in [7, 11) is 0. The van der Waals surface area contributed by atoms with E-state index < -0.39 is 5.41 Å². The first kappa shape index (κ1) is 13.5. The Morgan fingerprint density at radius 2 is 2.35 bits per heavy atom. The van der Waals surface area contributed by atoms with Gasteiger partial charge in [0, 0.05) is 19.6 Å². The molecule has 0 radical (unpaired) electrons. The number of carbonyl (C=O) groups is 1. The molecule has 2 aliphatic rings.